The molecule has 17 heavy (non-hydrogen) atoms. The minimum atomic E-state index is -0.884. The maximum absolute atomic E-state index is 11.0. The fourth-order valence-corrected chi connectivity index (χ4v) is 2.32. The van der Waals surface area contributed by atoms with Crippen molar-refractivity contribution >= 4 is 5.97 Å². The molecule has 0 fully saturated rings. The van der Waals surface area contributed by atoms with E-state index >= 15 is 0 Å². The molecule has 5 heteroatoms. The maximum atomic E-state index is 11.0. The Labute approximate surface area is 99.0 Å². The average molecular weight is 237 g/mol. The van der Waals surface area contributed by atoms with Crippen molar-refractivity contribution in [1.82, 2.24) is 5.32 Å². The number of carbonyl (C=O) groups is 1. The molecule has 0 saturated heterocycles. The number of hydrogen-bond acceptors (Lipinski definition) is 4. The molecule has 0 amide bonds. The number of methoxy groups -OCH3 is 1. The van der Waals surface area contributed by atoms with Crippen molar-refractivity contribution in [1.29, 1.82) is 0 Å². The number of carboxylic acids is 1. The predicted octanol–water partition coefficient (Wildman–Crippen LogP) is 1.06. The van der Waals surface area contributed by atoms with E-state index in [-0.39, 0.29) is 11.8 Å². The van der Waals surface area contributed by atoms with Crippen molar-refractivity contribution in [2.45, 2.75) is 25.4 Å². The lowest BCUT2D eigenvalue weighted by molar-refractivity contribution is -0.139. The second-order valence-corrected chi connectivity index (χ2v) is 4.20. The van der Waals surface area contributed by atoms with Gasteiger partial charge < -0.3 is 14.9 Å². The van der Waals surface area contributed by atoms with Gasteiger partial charge in [0.15, 0.2) is 0 Å². The Morgan fingerprint density at radius 1 is 1.53 bits per heavy atom. The topological polar surface area (TPSA) is 78.8 Å². The molecular formula is C12H15NO4. The molecule has 1 heterocycles. The first kappa shape index (κ1) is 11.7. The van der Waals surface area contributed by atoms with Gasteiger partial charge in [0.2, 0.25) is 0 Å². The minimum Gasteiger partial charge on any atom is -0.508 e. The molecule has 1 aromatic rings. The molecule has 2 rings (SSSR count). The van der Waals surface area contributed by atoms with Gasteiger partial charge in [-0.2, -0.15) is 0 Å². The van der Waals surface area contributed by atoms with Gasteiger partial charge in [-0.3, -0.25) is 10.1 Å². The van der Waals surface area contributed by atoms with E-state index in [1.807, 2.05) is 6.92 Å². The summed E-state index contributed by atoms with van der Waals surface area (Å²) in [5.74, 6) is -0.201. The van der Waals surface area contributed by atoms with E-state index in [9.17, 15) is 9.90 Å². The Morgan fingerprint density at radius 2 is 2.24 bits per heavy atom. The van der Waals surface area contributed by atoms with Crippen LogP contribution >= 0.6 is 0 Å². The summed E-state index contributed by atoms with van der Waals surface area (Å²) in [5, 5.41) is 21.6. The molecule has 0 unspecified atom stereocenters. The van der Waals surface area contributed by atoms with E-state index in [2.05, 4.69) is 5.32 Å². The lowest BCUT2D eigenvalue weighted by Gasteiger charge is -2.30. The summed E-state index contributed by atoms with van der Waals surface area (Å²) >= 11 is 0. The summed E-state index contributed by atoms with van der Waals surface area (Å²) in [4.78, 5) is 11.0. The second kappa shape index (κ2) is 4.25. The zero-order chi connectivity index (χ0) is 12.6. The second-order valence-electron chi connectivity index (χ2n) is 4.20. The smallest absolute Gasteiger partial charge is 0.321 e. The highest BCUT2D eigenvalue weighted by molar-refractivity contribution is 5.75. The SMILES string of the molecule is COc1cc(O)cc2c1[C@@H](C)N[C@@H](C(=O)O)C2. The third-order valence-corrected chi connectivity index (χ3v) is 3.04. The van der Waals surface area contributed by atoms with E-state index in [0.29, 0.717) is 12.2 Å². The third kappa shape index (κ3) is 2.06. The van der Waals surface area contributed by atoms with Gasteiger partial charge in [0.05, 0.1) is 7.11 Å². The molecular weight excluding hydrogens is 222 g/mol. The first-order chi connectivity index (χ1) is 8.02. The summed E-state index contributed by atoms with van der Waals surface area (Å²) in [6.45, 7) is 1.88. The molecule has 1 aliphatic rings. The number of rotatable bonds is 2. The van der Waals surface area contributed by atoms with E-state index in [1.165, 1.54) is 13.2 Å². The largest absolute Gasteiger partial charge is 0.508 e. The first-order valence-corrected chi connectivity index (χ1v) is 5.41. The monoisotopic (exact) mass is 237 g/mol. The minimum absolute atomic E-state index is 0.0961. The van der Waals surface area contributed by atoms with Gasteiger partial charge >= 0.3 is 5.97 Å². The average Bonchev–Trinajstić information content (AvgIpc) is 2.26. The summed E-state index contributed by atoms with van der Waals surface area (Å²) in [5.41, 5.74) is 1.74. The van der Waals surface area contributed by atoms with Crippen LogP contribution in [0, 0.1) is 0 Å². The lowest BCUT2D eigenvalue weighted by atomic mass is 9.90. The molecule has 2 atom stereocenters. The van der Waals surface area contributed by atoms with Crippen LogP contribution in [-0.4, -0.2) is 29.3 Å². The Morgan fingerprint density at radius 3 is 2.82 bits per heavy atom. The fraction of sp³-hybridized carbons (Fsp3) is 0.417. The van der Waals surface area contributed by atoms with Crippen LogP contribution in [0.5, 0.6) is 11.5 Å². The van der Waals surface area contributed by atoms with Crippen LogP contribution in [0.1, 0.15) is 24.1 Å². The number of aliphatic carboxylic acids is 1. The molecule has 0 saturated carbocycles. The quantitative estimate of drug-likeness (QED) is 0.716. The van der Waals surface area contributed by atoms with Gasteiger partial charge in [-0.25, -0.2) is 0 Å². The molecule has 0 radical (unpaired) electrons. The highest BCUT2D eigenvalue weighted by Gasteiger charge is 2.30. The normalized spacial score (nSPS) is 22.9. The third-order valence-electron chi connectivity index (χ3n) is 3.04. The van der Waals surface area contributed by atoms with Gasteiger partial charge in [-0.1, -0.05) is 0 Å². The molecule has 1 aliphatic heterocycles. The molecule has 0 bridgehead atoms. The van der Waals surface area contributed by atoms with Crippen molar-refractivity contribution in [2.75, 3.05) is 7.11 Å². The predicted molar refractivity (Wildman–Crippen MR) is 61.3 cm³/mol. The van der Waals surface area contributed by atoms with Gasteiger partial charge in [0, 0.05) is 17.7 Å². The lowest BCUT2D eigenvalue weighted by Crippen LogP contribution is -2.43. The van der Waals surface area contributed by atoms with Crippen LogP contribution in [0.15, 0.2) is 12.1 Å². The van der Waals surface area contributed by atoms with E-state index < -0.39 is 12.0 Å². The van der Waals surface area contributed by atoms with E-state index in [1.54, 1.807) is 6.07 Å². The van der Waals surface area contributed by atoms with Crippen LogP contribution in [-0.2, 0) is 11.2 Å². The Kier molecular flexibility index (Phi) is 2.93. The zero-order valence-corrected chi connectivity index (χ0v) is 9.73. The van der Waals surface area contributed by atoms with Gasteiger partial charge in [0.25, 0.3) is 0 Å². The molecule has 92 valence electrons. The van der Waals surface area contributed by atoms with Crippen LogP contribution in [0.4, 0.5) is 0 Å². The summed E-state index contributed by atoms with van der Waals surface area (Å²) in [6.07, 6.45) is 0.347. The van der Waals surface area contributed by atoms with Crippen molar-refractivity contribution < 1.29 is 19.7 Å². The standard InChI is InChI=1S/C12H15NO4/c1-6-11-7(4-9(13-6)12(15)16)3-8(14)5-10(11)17-2/h3,5-6,9,13-14H,4H2,1-2H3,(H,15,16)/t6-,9-/m1/s1. The number of fused-ring (bicyclic) bond motifs is 1. The Hall–Kier alpha value is -1.75. The highest BCUT2D eigenvalue weighted by atomic mass is 16.5. The van der Waals surface area contributed by atoms with Crippen molar-refractivity contribution in [2.24, 2.45) is 0 Å². The molecule has 3 N–H and O–H groups in total. The Bertz CT molecular complexity index is 458. The number of phenols is 1. The highest BCUT2D eigenvalue weighted by Crippen LogP contribution is 2.36. The summed E-state index contributed by atoms with van der Waals surface area (Å²) in [7, 11) is 1.53. The number of ether oxygens (including phenoxy) is 1. The van der Waals surface area contributed by atoms with Crippen LogP contribution in [0.3, 0.4) is 0 Å². The molecule has 0 aliphatic carbocycles. The molecule has 5 nitrogen and oxygen atoms in total. The van der Waals surface area contributed by atoms with Crippen molar-refractivity contribution in [3.8, 4) is 11.5 Å². The number of aromatic hydroxyl groups is 1. The summed E-state index contributed by atoms with van der Waals surface area (Å²) < 4.78 is 5.21. The van der Waals surface area contributed by atoms with Gasteiger partial charge in [0.1, 0.15) is 17.5 Å². The van der Waals surface area contributed by atoms with Crippen molar-refractivity contribution in [3.05, 3.63) is 23.3 Å². The fourth-order valence-electron chi connectivity index (χ4n) is 2.32. The molecule has 1 aromatic carbocycles. The zero-order valence-electron chi connectivity index (χ0n) is 9.73. The van der Waals surface area contributed by atoms with Crippen LogP contribution < -0.4 is 10.1 Å². The Balaban J connectivity index is 2.47. The van der Waals surface area contributed by atoms with Gasteiger partial charge in [-0.15, -0.1) is 0 Å². The number of nitrogens with one attached hydrogen (secondary N) is 1. The number of carboxylic acid groups (broad SMARTS) is 1. The number of benzene rings is 1. The summed E-state index contributed by atoms with van der Waals surface area (Å²) in [6, 6.07) is 2.41. The van der Waals surface area contributed by atoms with Crippen LogP contribution in [0.2, 0.25) is 0 Å². The number of phenolic OH excluding ortho intramolecular Hbond substituents is 1. The van der Waals surface area contributed by atoms with Crippen LogP contribution in [0.25, 0.3) is 0 Å². The van der Waals surface area contributed by atoms with E-state index in [4.69, 9.17) is 9.84 Å². The van der Waals surface area contributed by atoms with Crippen molar-refractivity contribution in [3.63, 3.8) is 0 Å². The first-order valence-electron chi connectivity index (χ1n) is 5.41. The van der Waals surface area contributed by atoms with E-state index in [0.717, 1.165) is 11.1 Å². The molecule has 0 aromatic heterocycles. The number of hydrogen-bond donors (Lipinski definition) is 3. The maximum Gasteiger partial charge on any atom is 0.321 e. The van der Waals surface area contributed by atoms with Gasteiger partial charge in [-0.05, 0) is 25.0 Å². The molecule has 0 spiro atoms.